The maximum absolute atomic E-state index is 11.8. The molecule has 19 rings (SSSR count). The largest absolute Gasteiger partial charge is 0.354 e. The van der Waals surface area contributed by atoms with E-state index in [0.29, 0.717) is 67.1 Å². The summed E-state index contributed by atoms with van der Waals surface area (Å²) in [6.45, 7) is 39.4. The first-order valence-corrected chi connectivity index (χ1v) is 44.9. The van der Waals surface area contributed by atoms with Crippen LogP contribution in [0.2, 0.25) is 0 Å². The minimum Gasteiger partial charge on any atom is -0.354 e. The molecule has 13 heteroatoms. The van der Waals surface area contributed by atoms with Gasteiger partial charge in [0.25, 0.3) is 0 Å². The quantitative estimate of drug-likeness (QED) is 0.0877. The zero-order chi connectivity index (χ0) is 91.0. The Balaban J connectivity index is 0.761. The highest BCUT2D eigenvalue weighted by Crippen LogP contribution is 2.50. The van der Waals surface area contributed by atoms with Crippen molar-refractivity contribution in [2.24, 2.45) is 0 Å². The van der Waals surface area contributed by atoms with Crippen LogP contribution in [-0.2, 0) is 16.2 Å². The van der Waals surface area contributed by atoms with Gasteiger partial charge in [-0.25, -0.2) is 19.9 Å². The van der Waals surface area contributed by atoms with Gasteiger partial charge in [0.15, 0.2) is 0 Å². The predicted molar refractivity (Wildman–Crippen MR) is 536 cm³/mol. The summed E-state index contributed by atoms with van der Waals surface area (Å²) in [4.78, 5) is 38.4. The molecule has 8 aromatic carbocycles. The van der Waals surface area contributed by atoms with Crippen molar-refractivity contribution >= 4 is 90.7 Å². The van der Waals surface area contributed by atoms with E-state index < -0.39 is 0 Å². The highest BCUT2D eigenvalue weighted by Gasteiger charge is 2.35. The summed E-state index contributed by atoms with van der Waals surface area (Å²) in [5, 5.41) is 50.8. The Morgan fingerprint density at radius 1 is 0.254 bits per heavy atom. The van der Waals surface area contributed by atoms with Crippen LogP contribution in [0.25, 0.3) is 180 Å². The lowest BCUT2D eigenvalue weighted by Gasteiger charge is -2.19. The van der Waals surface area contributed by atoms with Gasteiger partial charge >= 0.3 is 0 Å². The number of allylic oxidation sites excluding steroid dienone is 4. The average molecular weight is 1690 g/mol. The average Bonchev–Trinajstić information content (AvgIpc) is 1.59. The van der Waals surface area contributed by atoms with Gasteiger partial charge in [0.05, 0.1) is 67.8 Å². The third-order valence-corrected chi connectivity index (χ3v) is 26.7. The van der Waals surface area contributed by atoms with Crippen molar-refractivity contribution in [1.29, 1.82) is 21.0 Å². The highest BCUT2D eigenvalue weighted by atomic mass is 15.0. The molecule has 2 atom stereocenters. The molecule has 0 amide bonds. The number of nitrogens with one attached hydrogen (secondary N) is 5. The predicted octanol–water partition coefficient (Wildman–Crippen LogP) is 29.4. The third kappa shape index (κ3) is 14.9. The van der Waals surface area contributed by atoms with E-state index in [9.17, 15) is 21.0 Å². The summed E-state index contributed by atoms with van der Waals surface area (Å²) in [6, 6.07) is 83.0. The monoisotopic (exact) mass is 1690 g/mol. The van der Waals surface area contributed by atoms with Crippen LogP contribution < -0.4 is 5.32 Å². The van der Waals surface area contributed by atoms with E-state index in [2.05, 4.69) is 380 Å². The Labute approximate surface area is 760 Å². The van der Waals surface area contributed by atoms with Crippen molar-refractivity contribution in [2.75, 3.05) is 0 Å². The lowest BCUT2D eigenvalue weighted by Crippen LogP contribution is -2.17. The Hall–Kier alpha value is -15.1. The molecule has 5 aliphatic heterocycles. The number of H-pyrrole nitrogens is 4. The van der Waals surface area contributed by atoms with Crippen LogP contribution in [-0.4, -0.2) is 39.9 Å². The van der Waals surface area contributed by atoms with E-state index >= 15 is 0 Å². The Bertz CT molecular complexity index is 7660. The van der Waals surface area contributed by atoms with Gasteiger partial charge in [-0.15, -0.1) is 0 Å². The molecule has 14 aromatic rings. The van der Waals surface area contributed by atoms with Crippen LogP contribution in [0.4, 0.5) is 0 Å². The first kappa shape index (κ1) is 84.4. The number of hydrogen-bond acceptors (Lipinski definition) is 9. The zero-order valence-electron chi connectivity index (χ0n) is 77.1. The van der Waals surface area contributed by atoms with Gasteiger partial charge in [0.1, 0.15) is 24.3 Å². The van der Waals surface area contributed by atoms with Crippen molar-refractivity contribution in [2.45, 2.75) is 166 Å². The van der Waals surface area contributed by atoms with Crippen molar-refractivity contribution in [3.05, 3.63) is 330 Å². The van der Waals surface area contributed by atoms with Gasteiger partial charge < -0.3 is 25.3 Å². The number of aromatic amines is 4. The fourth-order valence-electron chi connectivity index (χ4n) is 20.6. The van der Waals surface area contributed by atoms with Gasteiger partial charge in [-0.3, -0.25) is 0 Å². The Morgan fingerprint density at radius 3 is 0.692 bits per heavy atom. The van der Waals surface area contributed by atoms with Crippen LogP contribution in [0.3, 0.4) is 0 Å². The summed E-state index contributed by atoms with van der Waals surface area (Å²) >= 11 is 0. The molecule has 0 aliphatic carbocycles. The molecule has 5 aliphatic rings. The van der Waals surface area contributed by atoms with Crippen LogP contribution in [0.1, 0.15) is 211 Å². The van der Waals surface area contributed by atoms with Gasteiger partial charge in [-0.2, -0.15) is 21.0 Å². The van der Waals surface area contributed by atoms with Crippen molar-refractivity contribution in [3.8, 4) is 113 Å². The molecule has 6 aromatic heterocycles. The first-order chi connectivity index (χ1) is 62.3. The summed E-state index contributed by atoms with van der Waals surface area (Å²) < 4.78 is 0. The van der Waals surface area contributed by atoms with Gasteiger partial charge in [-0.05, 0) is 270 Å². The summed E-state index contributed by atoms with van der Waals surface area (Å²) in [6.07, 6.45) is 10.5. The van der Waals surface area contributed by atoms with E-state index in [-0.39, 0.29) is 50.6 Å². The van der Waals surface area contributed by atoms with Gasteiger partial charge in [-0.1, -0.05) is 237 Å². The highest BCUT2D eigenvalue weighted by molar-refractivity contribution is 6.15. The van der Waals surface area contributed by atoms with E-state index in [4.69, 9.17) is 19.9 Å². The summed E-state index contributed by atoms with van der Waals surface area (Å²) in [5.74, 6) is 0. The molecule has 16 bridgehead atoms. The van der Waals surface area contributed by atoms with Gasteiger partial charge in [0.2, 0.25) is 0 Å². The molecule has 0 saturated carbocycles. The fraction of sp³-hybridized carbons (Fsp3) is 0.214. The molecule has 0 radical (unpaired) electrons. The van der Waals surface area contributed by atoms with Crippen molar-refractivity contribution in [1.82, 2.24) is 45.2 Å². The minimum atomic E-state index is -0.183. The fourth-order valence-corrected chi connectivity index (χ4v) is 20.6. The number of hydrogen-bond donors (Lipinski definition) is 5. The van der Waals surface area contributed by atoms with Crippen LogP contribution in [0.5, 0.6) is 0 Å². The molecule has 130 heavy (non-hydrogen) atoms. The minimum absolute atomic E-state index is 0.0144. The Morgan fingerprint density at radius 2 is 0.462 bits per heavy atom. The molecule has 636 valence electrons. The lowest BCUT2D eigenvalue weighted by atomic mass is 9.86. The second-order valence-corrected chi connectivity index (χ2v) is 39.0. The molecule has 2 unspecified atom stereocenters. The molecule has 5 N–H and O–H groups in total. The topological polar surface area (TPSA) is 222 Å². The van der Waals surface area contributed by atoms with E-state index in [1.807, 2.05) is 24.3 Å². The number of rotatable bonds is 10. The zero-order valence-corrected chi connectivity index (χ0v) is 77.1. The molecular weight excluding hydrogens is 1590 g/mol. The Kier molecular flexibility index (Phi) is 21.0. The van der Waals surface area contributed by atoms with E-state index in [1.165, 1.54) is 50.1 Å². The second-order valence-electron chi connectivity index (χ2n) is 39.0. The van der Waals surface area contributed by atoms with E-state index in [0.717, 1.165) is 152 Å². The first-order valence-electron chi connectivity index (χ1n) is 44.9. The summed E-state index contributed by atoms with van der Waals surface area (Å²) in [7, 11) is 0. The molecular formula is C117H103N13. The number of nitrogens with zero attached hydrogens (tertiary/aromatic N) is 8. The number of benzene rings is 8. The summed E-state index contributed by atoms with van der Waals surface area (Å²) in [5.41, 5.74) is 41.1. The maximum atomic E-state index is 11.8. The molecule has 11 heterocycles. The lowest BCUT2D eigenvalue weighted by molar-refractivity contribution is 0.575. The molecule has 0 spiro atoms. The molecule has 1 fully saturated rings. The van der Waals surface area contributed by atoms with Crippen molar-refractivity contribution in [3.63, 3.8) is 0 Å². The van der Waals surface area contributed by atoms with E-state index in [1.54, 1.807) is 0 Å². The van der Waals surface area contributed by atoms with Crippen LogP contribution in [0.15, 0.2) is 206 Å². The van der Waals surface area contributed by atoms with Crippen LogP contribution in [0, 0.1) is 108 Å². The number of aryl methyl sites for hydroxylation is 9. The number of aromatic nitrogens is 8. The molecule has 13 nitrogen and oxygen atoms in total. The number of fused-ring (bicyclic) bond motifs is 16. The maximum Gasteiger partial charge on any atom is 0.103 e. The van der Waals surface area contributed by atoms with Crippen molar-refractivity contribution < 1.29 is 0 Å². The standard InChI is InChI=1S/C117H103N13/c1-63-53-66(4)100(67(5)54-63)108-94-47-41-88(123-94)103(89-42-48-95(124-89)109(101-68(6)55-64(2)56-69(101)7)97-50-52-99(128-97)110(98-51-49-96(108)127-98)102-70(8)57-65(3)58-71(102)9)74-23-19-72(20-24-74)86-39-40-87(122-86)73-21-25-75(26-22-73)104-90-43-44-91(125-90)105(76-27-33-79(34-28-76)115(10,11)12)113-84(61-120)85(62-121)114(130-113)107(78-31-37-81(38-32-78)117(16,17)18)93-46-45-92(126-93)106(77-29-35-80(36-30-77)116(13,14)15)112-83(60-119)82(59-118)111(104)129-112/h19-38,41-58,86-87,122-123,125-126,128H,39-40H2,1-18H3. The SMILES string of the molecule is Cc1cc(C)c(-c2c3nc(c(-c4c(C)cc(C)cc4C)c4ccc([nH]4)c(-c4c(C)cc(C)cc4C)c4nc(c(-c5ccc(C6CCC(c7ccc(-c8c9nc(c(-c%10ccc(C(C)(C)C)cc%10)c%10ccc([nH]%10)c(-c%10ccc(C(C)(C)C)cc%10)c%10nc(c(-c%11ccc(C(C)(C)C)cc%11)c%11ccc8[nH]%11)C(C#N)=C%10C#N)C(C#N)=C9C#N)cc7)N6)cc5)c5ccc2[nH]5)C=C4)C=C3)c(C)c1. The third-order valence-electron chi connectivity index (χ3n) is 26.7. The normalized spacial score (nSPS) is 14.4. The number of nitriles is 4. The smallest absolute Gasteiger partial charge is 0.103 e. The van der Waals surface area contributed by atoms with Crippen LogP contribution >= 0.6 is 0 Å². The molecule has 1 saturated heterocycles. The second kappa shape index (κ2) is 32.3. The van der Waals surface area contributed by atoms with Gasteiger partial charge in [0, 0.05) is 101 Å².